The van der Waals surface area contributed by atoms with E-state index in [1.54, 1.807) is 0 Å². The van der Waals surface area contributed by atoms with Gasteiger partial charge in [0.05, 0.1) is 13.0 Å². The largest absolute Gasteiger partial charge is 0.469 e. The average Bonchev–Trinajstić information content (AvgIpc) is 2.59. The van der Waals surface area contributed by atoms with Crippen LogP contribution in [0.25, 0.3) is 0 Å². The molecule has 1 fully saturated rings. The van der Waals surface area contributed by atoms with Gasteiger partial charge in [0.2, 0.25) is 0 Å². The van der Waals surface area contributed by atoms with E-state index in [1.165, 1.54) is 7.11 Å². The smallest absolute Gasteiger partial charge is 0.310 e. The van der Waals surface area contributed by atoms with Crippen LogP contribution in [-0.2, 0) is 14.0 Å². The molecule has 1 saturated heterocycles. The first kappa shape index (κ1) is 20.1. The highest BCUT2D eigenvalue weighted by atomic mass is 28.4. The van der Waals surface area contributed by atoms with E-state index in [4.69, 9.17) is 9.16 Å². The number of esters is 1. The third kappa shape index (κ3) is 4.93. The first-order valence-electron chi connectivity index (χ1n) is 9.16. The maximum atomic E-state index is 12.4. The molecule has 0 aromatic heterocycles. The van der Waals surface area contributed by atoms with Gasteiger partial charge >= 0.3 is 5.97 Å². The van der Waals surface area contributed by atoms with E-state index >= 15 is 0 Å². The van der Waals surface area contributed by atoms with Crippen molar-refractivity contribution in [1.29, 1.82) is 0 Å². The van der Waals surface area contributed by atoms with Gasteiger partial charge in [-0.05, 0) is 36.0 Å². The molecule has 25 heavy (non-hydrogen) atoms. The molecule has 0 spiro atoms. The zero-order chi connectivity index (χ0) is 18.7. The number of rotatable bonds is 5. The first-order chi connectivity index (χ1) is 11.7. The SMILES string of the molecule is COC(=O)[C@H]1C[C@@H](CO[Si](C)(C)C(C)(C)C)CN[C@H]1c1ccccc1. The first-order valence-corrected chi connectivity index (χ1v) is 12.1. The Labute approximate surface area is 153 Å². The highest BCUT2D eigenvalue weighted by Crippen LogP contribution is 2.38. The number of piperidine rings is 1. The molecular weight excluding hydrogens is 330 g/mol. The van der Waals surface area contributed by atoms with Crippen LogP contribution in [0.2, 0.25) is 18.1 Å². The molecule has 4 nitrogen and oxygen atoms in total. The Bertz CT molecular complexity index is 568. The van der Waals surface area contributed by atoms with E-state index in [2.05, 4.69) is 51.3 Å². The Hall–Kier alpha value is -1.17. The summed E-state index contributed by atoms with van der Waals surface area (Å²) in [5, 5.41) is 3.76. The van der Waals surface area contributed by atoms with Crippen LogP contribution < -0.4 is 5.32 Å². The molecule has 5 heteroatoms. The number of carbonyl (C=O) groups is 1. The summed E-state index contributed by atoms with van der Waals surface area (Å²) in [5.74, 6) is 0.0192. The van der Waals surface area contributed by atoms with Crippen LogP contribution in [-0.4, -0.2) is 34.5 Å². The van der Waals surface area contributed by atoms with Crippen molar-refractivity contribution < 1.29 is 14.0 Å². The molecule has 1 aliphatic heterocycles. The highest BCUT2D eigenvalue weighted by Gasteiger charge is 2.40. The summed E-state index contributed by atoms with van der Waals surface area (Å²) in [4.78, 5) is 12.4. The lowest BCUT2D eigenvalue weighted by molar-refractivity contribution is -0.148. The molecule has 1 N–H and O–H groups in total. The summed E-state index contributed by atoms with van der Waals surface area (Å²) in [6.45, 7) is 12.9. The van der Waals surface area contributed by atoms with Crippen molar-refractivity contribution >= 4 is 14.3 Å². The second-order valence-corrected chi connectivity index (χ2v) is 13.4. The third-order valence-electron chi connectivity index (χ3n) is 5.76. The van der Waals surface area contributed by atoms with Gasteiger partial charge in [0.15, 0.2) is 8.32 Å². The van der Waals surface area contributed by atoms with Gasteiger partial charge in [0.25, 0.3) is 0 Å². The minimum absolute atomic E-state index is 0.0118. The molecule has 0 saturated carbocycles. The molecule has 3 atom stereocenters. The summed E-state index contributed by atoms with van der Waals surface area (Å²) in [6.07, 6.45) is 0.799. The fourth-order valence-corrected chi connectivity index (χ4v) is 4.16. The van der Waals surface area contributed by atoms with E-state index in [-0.39, 0.29) is 23.0 Å². The zero-order valence-corrected chi connectivity index (χ0v) is 17.5. The summed E-state index contributed by atoms with van der Waals surface area (Å²) < 4.78 is 11.5. The number of benzene rings is 1. The van der Waals surface area contributed by atoms with E-state index < -0.39 is 8.32 Å². The fraction of sp³-hybridized carbons (Fsp3) is 0.650. The van der Waals surface area contributed by atoms with Gasteiger partial charge in [-0.1, -0.05) is 51.1 Å². The van der Waals surface area contributed by atoms with Crippen LogP contribution in [0, 0.1) is 11.8 Å². The van der Waals surface area contributed by atoms with Gasteiger partial charge in [-0.25, -0.2) is 0 Å². The van der Waals surface area contributed by atoms with Gasteiger partial charge < -0.3 is 14.5 Å². The lowest BCUT2D eigenvalue weighted by atomic mass is 9.81. The lowest BCUT2D eigenvalue weighted by Gasteiger charge is -2.40. The monoisotopic (exact) mass is 363 g/mol. The standard InChI is InChI=1S/C20H33NO3Si/c1-20(2,3)25(5,6)24-14-15-12-17(19(22)23-4)18(21-13-15)16-10-8-7-9-11-16/h7-11,15,17-18,21H,12-14H2,1-6H3/t15-,17+,18+/m1/s1. The van der Waals surface area contributed by atoms with E-state index in [0.717, 1.165) is 18.5 Å². The molecule has 2 rings (SSSR count). The maximum absolute atomic E-state index is 12.4. The molecule has 0 amide bonds. The summed E-state index contributed by atoms with van der Waals surface area (Å²) in [6, 6.07) is 10.2. The molecular formula is C20H33NO3Si. The van der Waals surface area contributed by atoms with Crippen molar-refractivity contribution in [2.45, 2.75) is 51.4 Å². The number of hydrogen-bond acceptors (Lipinski definition) is 4. The fourth-order valence-electron chi connectivity index (χ4n) is 3.08. The van der Waals surface area contributed by atoms with Crippen molar-refractivity contribution in [2.24, 2.45) is 11.8 Å². The normalized spacial score (nSPS) is 24.8. The van der Waals surface area contributed by atoms with Crippen LogP contribution in [0.5, 0.6) is 0 Å². The number of nitrogens with one attached hydrogen (secondary N) is 1. The topological polar surface area (TPSA) is 47.6 Å². The number of methoxy groups -OCH3 is 1. The minimum Gasteiger partial charge on any atom is -0.469 e. The Balaban J connectivity index is 2.06. The molecule has 0 aliphatic carbocycles. The van der Waals surface area contributed by atoms with Crippen LogP contribution in [0.15, 0.2) is 30.3 Å². The second-order valence-electron chi connectivity index (χ2n) is 8.60. The summed E-state index contributed by atoms with van der Waals surface area (Å²) in [7, 11) is -0.299. The quantitative estimate of drug-likeness (QED) is 0.631. The van der Waals surface area contributed by atoms with Crippen LogP contribution in [0.1, 0.15) is 38.8 Å². The van der Waals surface area contributed by atoms with Crippen LogP contribution in [0.4, 0.5) is 0 Å². The maximum Gasteiger partial charge on any atom is 0.310 e. The Morgan fingerprint density at radius 1 is 1.24 bits per heavy atom. The minimum atomic E-state index is -1.77. The van der Waals surface area contributed by atoms with Gasteiger partial charge in [-0.2, -0.15) is 0 Å². The number of ether oxygens (including phenoxy) is 1. The predicted molar refractivity (Wildman–Crippen MR) is 104 cm³/mol. The van der Waals surface area contributed by atoms with E-state index in [0.29, 0.717) is 12.5 Å². The Morgan fingerprint density at radius 3 is 2.44 bits per heavy atom. The Morgan fingerprint density at radius 2 is 1.88 bits per heavy atom. The Kier molecular flexibility index (Phi) is 6.46. The van der Waals surface area contributed by atoms with Crippen molar-refractivity contribution in [3.8, 4) is 0 Å². The molecule has 0 radical (unpaired) electrons. The number of hydrogen-bond donors (Lipinski definition) is 1. The molecule has 0 bridgehead atoms. The molecule has 1 heterocycles. The number of carbonyl (C=O) groups excluding carboxylic acids is 1. The van der Waals surface area contributed by atoms with Crippen molar-refractivity contribution in [3.05, 3.63) is 35.9 Å². The average molecular weight is 364 g/mol. The second kappa shape index (κ2) is 8.02. The molecule has 0 unspecified atom stereocenters. The molecule has 140 valence electrons. The zero-order valence-electron chi connectivity index (χ0n) is 16.5. The van der Waals surface area contributed by atoms with Gasteiger partial charge in [-0.3, -0.25) is 4.79 Å². The highest BCUT2D eigenvalue weighted by molar-refractivity contribution is 6.74. The predicted octanol–water partition coefficient (Wildman–Crippen LogP) is 4.15. The van der Waals surface area contributed by atoms with E-state index in [1.807, 2.05) is 18.2 Å². The molecule has 1 aromatic rings. The van der Waals surface area contributed by atoms with Gasteiger partial charge in [-0.15, -0.1) is 0 Å². The van der Waals surface area contributed by atoms with Crippen molar-refractivity contribution in [3.63, 3.8) is 0 Å². The molecule has 1 aromatic carbocycles. The summed E-state index contributed by atoms with van der Waals surface area (Å²) in [5.41, 5.74) is 1.14. The molecule has 1 aliphatic rings. The van der Waals surface area contributed by atoms with Gasteiger partial charge in [0.1, 0.15) is 0 Å². The van der Waals surface area contributed by atoms with Crippen LogP contribution in [0.3, 0.4) is 0 Å². The lowest BCUT2D eigenvalue weighted by Crippen LogP contribution is -2.47. The third-order valence-corrected chi connectivity index (χ3v) is 10.3. The summed E-state index contributed by atoms with van der Waals surface area (Å²) >= 11 is 0. The van der Waals surface area contributed by atoms with Gasteiger partial charge in [0, 0.05) is 19.2 Å². The van der Waals surface area contributed by atoms with E-state index in [9.17, 15) is 4.79 Å². The van der Waals surface area contributed by atoms with Crippen LogP contribution >= 0.6 is 0 Å². The van der Waals surface area contributed by atoms with Crippen molar-refractivity contribution in [1.82, 2.24) is 5.32 Å². The van der Waals surface area contributed by atoms with Crippen molar-refractivity contribution in [2.75, 3.05) is 20.3 Å².